The third-order valence-electron chi connectivity index (χ3n) is 4.56. The average molecular weight is 389 g/mol. The minimum atomic E-state index is 0.0580. The normalized spacial score (nSPS) is 10.3. The molecule has 0 heterocycles. The van der Waals surface area contributed by atoms with Crippen molar-refractivity contribution in [1.29, 1.82) is 0 Å². The van der Waals surface area contributed by atoms with Crippen molar-refractivity contribution in [3.63, 3.8) is 0 Å². The first-order chi connectivity index (χ1) is 13.6. The second kappa shape index (κ2) is 9.81. The van der Waals surface area contributed by atoms with E-state index in [0.717, 1.165) is 25.2 Å². The standard InChI is InChI=1S/C24H24N2OS/c1-19(27)22-12-14-23(15-13-22)25-24(28)26(18-21-10-6-3-7-11-21)17-16-20-8-4-2-5-9-20/h2-15H,16-18H2,1H3,(H,25,28). The van der Waals surface area contributed by atoms with Gasteiger partial charge in [-0.2, -0.15) is 0 Å². The van der Waals surface area contributed by atoms with Crippen molar-refractivity contribution < 1.29 is 4.79 Å². The highest BCUT2D eigenvalue weighted by atomic mass is 32.1. The molecule has 0 aliphatic rings. The van der Waals surface area contributed by atoms with Gasteiger partial charge in [-0.05, 0) is 61.0 Å². The van der Waals surface area contributed by atoms with E-state index in [0.29, 0.717) is 10.7 Å². The van der Waals surface area contributed by atoms with E-state index in [1.807, 2.05) is 48.5 Å². The Balaban J connectivity index is 1.70. The lowest BCUT2D eigenvalue weighted by molar-refractivity contribution is 0.101. The van der Waals surface area contributed by atoms with Gasteiger partial charge in [-0.25, -0.2) is 0 Å². The number of carbonyl (C=O) groups is 1. The van der Waals surface area contributed by atoms with Crippen molar-refractivity contribution >= 4 is 28.8 Å². The van der Waals surface area contributed by atoms with Gasteiger partial charge in [0.25, 0.3) is 0 Å². The molecule has 28 heavy (non-hydrogen) atoms. The van der Waals surface area contributed by atoms with Crippen LogP contribution in [-0.2, 0) is 13.0 Å². The third kappa shape index (κ3) is 5.76. The van der Waals surface area contributed by atoms with E-state index in [2.05, 4.69) is 46.6 Å². The van der Waals surface area contributed by atoms with Gasteiger partial charge in [-0.1, -0.05) is 60.7 Å². The molecule has 3 rings (SSSR count). The summed E-state index contributed by atoms with van der Waals surface area (Å²) in [6.45, 7) is 3.12. The van der Waals surface area contributed by atoms with Crippen LogP contribution in [0.5, 0.6) is 0 Å². The Morgan fingerprint density at radius 1 is 0.857 bits per heavy atom. The Bertz CT molecular complexity index is 908. The zero-order valence-electron chi connectivity index (χ0n) is 16.0. The number of benzene rings is 3. The lowest BCUT2D eigenvalue weighted by atomic mass is 10.1. The zero-order chi connectivity index (χ0) is 19.8. The molecule has 0 fully saturated rings. The maximum absolute atomic E-state index is 11.5. The molecule has 142 valence electrons. The van der Waals surface area contributed by atoms with Gasteiger partial charge in [-0.3, -0.25) is 4.79 Å². The van der Waals surface area contributed by atoms with Gasteiger partial charge in [0.1, 0.15) is 0 Å². The Morgan fingerprint density at radius 2 is 1.43 bits per heavy atom. The molecule has 0 amide bonds. The van der Waals surface area contributed by atoms with E-state index in [1.165, 1.54) is 11.1 Å². The number of ketones is 1. The fourth-order valence-electron chi connectivity index (χ4n) is 2.96. The van der Waals surface area contributed by atoms with Gasteiger partial charge >= 0.3 is 0 Å². The molecular formula is C24H24N2OS. The molecule has 0 aliphatic carbocycles. The molecule has 0 aliphatic heterocycles. The molecule has 0 saturated heterocycles. The minimum Gasteiger partial charge on any atom is -0.344 e. The first-order valence-electron chi connectivity index (χ1n) is 9.36. The fraction of sp³-hybridized carbons (Fsp3) is 0.167. The monoisotopic (exact) mass is 388 g/mol. The van der Waals surface area contributed by atoms with E-state index in [4.69, 9.17) is 12.2 Å². The quantitative estimate of drug-likeness (QED) is 0.438. The highest BCUT2D eigenvalue weighted by molar-refractivity contribution is 7.80. The van der Waals surface area contributed by atoms with Crippen LogP contribution >= 0.6 is 12.2 Å². The van der Waals surface area contributed by atoms with Gasteiger partial charge in [0, 0.05) is 24.3 Å². The van der Waals surface area contributed by atoms with E-state index in [1.54, 1.807) is 6.92 Å². The summed E-state index contributed by atoms with van der Waals surface area (Å²) in [4.78, 5) is 13.6. The first kappa shape index (κ1) is 19.8. The Kier molecular flexibility index (Phi) is 6.93. The Morgan fingerprint density at radius 3 is 2.00 bits per heavy atom. The van der Waals surface area contributed by atoms with Crippen molar-refractivity contribution in [2.45, 2.75) is 19.9 Å². The highest BCUT2D eigenvalue weighted by Crippen LogP contribution is 2.13. The number of hydrogen-bond acceptors (Lipinski definition) is 2. The summed E-state index contributed by atoms with van der Waals surface area (Å²) in [6, 6.07) is 28.2. The fourth-order valence-corrected chi connectivity index (χ4v) is 3.23. The van der Waals surface area contributed by atoms with Crippen LogP contribution < -0.4 is 5.32 Å². The van der Waals surface area contributed by atoms with Crippen molar-refractivity contribution in [2.24, 2.45) is 0 Å². The van der Waals surface area contributed by atoms with Crippen molar-refractivity contribution in [1.82, 2.24) is 4.90 Å². The van der Waals surface area contributed by atoms with E-state index < -0.39 is 0 Å². The topological polar surface area (TPSA) is 32.3 Å². The molecule has 3 nitrogen and oxygen atoms in total. The number of carbonyl (C=O) groups excluding carboxylic acids is 1. The van der Waals surface area contributed by atoms with Crippen LogP contribution in [0, 0.1) is 0 Å². The van der Waals surface area contributed by atoms with Crippen LogP contribution in [0.25, 0.3) is 0 Å². The maximum atomic E-state index is 11.5. The van der Waals surface area contributed by atoms with Crippen LogP contribution in [0.15, 0.2) is 84.9 Å². The molecule has 3 aromatic rings. The van der Waals surface area contributed by atoms with Crippen LogP contribution in [0.3, 0.4) is 0 Å². The summed E-state index contributed by atoms with van der Waals surface area (Å²) < 4.78 is 0. The highest BCUT2D eigenvalue weighted by Gasteiger charge is 2.11. The molecule has 0 radical (unpaired) electrons. The van der Waals surface area contributed by atoms with Crippen LogP contribution in [0.2, 0.25) is 0 Å². The van der Waals surface area contributed by atoms with Gasteiger partial charge in [0.2, 0.25) is 0 Å². The molecule has 0 aromatic heterocycles. The molecular weight excluding hydrogens is 364 g/mol. The Hall–Kier alpha value is -2.98. The van der Waals surface area contributed by atoms with Crippen LogP contribution in [-0.4, -0.2) is 22.3 Å². The molecule has 0 spiro atoms. The second-order valence-corrected chi connectivity index (χ2v) is 7.09. The van der Waals surface area contributed by atoms with E-state index >= 15 is 0 Å². The SMILES string of the molecule is CC(=O)c1ccc(NC(=S)N(CCc2ccccc2)Cc2ccccc2)cc1. The van der Waals surface area contributed by atoms with Crippen LogP contribution in [0.1, 0.15) is 28.4 Å². The molecule has 0 saturated carbocycles. The minimum absolute atomic E-state index is 0.0580. The summed E-state index contributed by atoms with van der Waals surface area (Å²) in [5.74, 6) is 0.0580. The number of nitrogens with one attached hydrogen (secondary N) is 1. The lowest BCUT2D eigenvalue weighted by Gasteiger charge is -2.26. The number of Topliss-reactive ketones (excluding diaryl/α,β-unsaturated/α-hetero) is 1. The summed E-state index contributed by atoms with van der Waals surface area (Å²) in [6.07, 6.45) is 0.915. The molecule has 3 aromatic carbocycles. The zero-order valence-corrected chi connectivity index (χ0v) is 16.8. The number of nitrogens with zero attached hydrogens (tertiary/aromatic N) is 1. The average Bonchev–Trinajstić information content (AvgIpc) is 2.73. The summed E-state index contributed by atoms with van der Waals surface area (Å²) in [5.41, 5.74) is 4.08. The predicted octanol–water partition coefficient (Wildman–Crippen LogP) is 5.33. The lowest BCUT2D eigenvalue weighted by Crippen LogP contribution is -2.35. The predicted molar refractivity (Wildman–Crippen MR) is 120 cm³/mol. The first-order valence-corrected chi connectivity index (χ1v) is 9.77. The summed E-state index contributed by atoms with van der Waals surface area (Å²) in [5, 5.41) is 3.99. The number of anilines is 1. The van der Waals surface area contributed by atoms with Crippen LogP contribution in [0.4, 0.5) is 5.69 Å². The second-order valence-electron chi connectivity index (χ2n) is 6.71. The van der Waals surface area contributed by atoms with E-state index in [9.17, 15) is 4.79 Å². The maximum Gasteiger partial charge on any atom is 0.173 e. The van der Waals surface area contributed by atoms with Gasteiger partial charge in [0.05, 0.1) is 0 Å². The molecule has 0 unspecified atom stereocenters. The molecule has 4 heteroatoms. The van der Waals surface area contributed by atoms with Gasteiger partial charge < -0.3 is 10.2 Å². The molecule has 0 bridgehead atoms. The summed E-state index contributed by atoms with van der Waals surface area (Å²) in [7, 11) is 0. The smallest absolute Gasteiger partial charge is 0.173 e. The third-order valence-corrected chi connectivity index (χ3v) is 4.92. The van der Waals surface area contributed by atoms with E-state index in [-0.39, 0.29) is 5.78 Å². The van der Waals surface area contributed by atoms with Crippen molar-refractivity contribution in [2.75, 3.05) is 11.9 Å². The number of hydrogen-bond donors (Lipinski definition) is 1. The van der Waals surface area contributed by atoms with Gasteiger partial charge in [-0.15, -0.1) is 0 Å². The van der Waals surface area contributed by atoms with Gasteiger partial charge in [0.15, 0.2) is 10.9 Å². The Labute approximate surface area is 172 Å². The van der Waals surface area contributed by atoms with Crippen molar-refractivity contribution in [3.05, 3.63) is 102 Å². The largest absolute Gasteiger partial charge is 0.344 e. The molecule has 0 atom stereocenters. The number of rotatable bonds is 7. The molecule has 1 N–H and O–H groups in total. The summed E-state index contributed by atoms with van der Waals surface area (Å²) >= 11 is 5.70. The van der Waals surface area contributed by atoms with Crippen molar-refractivity contribution in [3.8, 4) is 0 Å². The number of thiocarbonyl (C=S) groups is 1.